The smallest absolute Gasteiger partial charge is 0.265 e. The number of methoxy groups -OCH3 is 1. The summed E-state index contributed by atoms with van der Waals surface area (Å²) in [5.74, 6) is 0.125. The van der Waals surface area contributed by atoms with Crippen LogP contribution in [0.25, 0.3) is 10.8 Å². The average Bonchev–Trinajstić information content (AvgIpc) is 2.64. The maximum Gasteiger partial charge on any atom is 0.265 e. The fraction of sp³-hybridized carbons (Fsp3) is 0.429. The fourth-order valence-electron chi connectivity index (χ4n) is 3.74. The van der Waals surface area contributed by atoms with Gasteiger partial charge in [-0.1, -0.05) is 51.3 Å². The molecule has 0 saturated heterocycles. The third-order valence-electron chi connectivity index (χ3n) is 5.09. The van der Waals surface area contributed by atoms with Gasteiger partial charge >= 0.3 is 0 Å². The van der Waals surface area contributed by atoms with Crippen LogP contribution in [0.3, 0.4) is 0 Å². The minimum Gasteiger partial charge on any atom is -0.496 e. The van der Waals surface area contributed by atoms with Gasteiger partial charge in [0.05, 0.1) is 12.7 Å². The van der Waals surface area contributed by atoms with Gasteiger partial charge in [-0.3, -0.25) is 14.5 Å². The summed E-state index contributed by atoms with van der Waals surface area (Å²) >= 11 is 0. The fourth-order valence-corrected chi connectivity index (χ4v) is 3.74. The molecule has 0 bridgehead atoms. The normalized spacial score (nSPS) is 14.9. The average molecular weight is 339 g/mol. The Labute approximate surface area is 148 Å². The third-order valence-corrected chi connectivity index (χ3v) is 5.09. The van der Waals surface area contributed by atoms with E-state index in [1.54, 1.807) is 7.11 Å². The van der Waals surface area contributed by atoms with Gasteiger partial charge in [0.15, 0.2) is 0 Å². The number of amides is 2. The Morgan fingerprint density at radius 1 is 1.04 bits per heavy atom. The minimum atomic E-state index is -0.227. The molecule has 2 aromatic rings. The topological polar surface area (TPSA) is 46.6 Å². The summed E-state index contributed by atoms with van der Waals surface area (Å²) in [6.45, 7) is 4.19. The van der Waals surface area contributed by atoms with Gasteiger partial charge in [-0.2, -0.15) is 0 Å². The van der Waals surface area contributed by atoms with Gasteiger partial charge in [0, 0.05) is 17.0 Å². The van der Waals surface area contributed by atoms with Crippen molar-refractivity contribution >= 4 is 22.6 Å². The lowest BCUT2D eigenvalue weighted by Crippen LogP contribution is -2.47. The molecule has 1 atom stereocenters. The Kier molecular flexibility index (Phi) is 5.07. The van der Waals surface area contributed by atoms with Crippen LogP contribution in [0.1, 0.15) is 66.7 Å². The lowest BCUT2D eigenvalue weighted by atomic mass is 9.91. The molecule has 4 heteroatoms. The molecule has 1 unspecified atom stereocenters. The maximum atomic E-state index is 13.3. The summed E-state index contributed by atoms with van der Waals surface area (Å²) in [5.41, 5.74) is 1.11. The molecule has 3 rings (SSSR count). The Balaban J connectivity index is 2.11. The van der Waals surface area contributed by atoms with Crippen molar-refractivity contribution in [3.8, 4) is 5.75 Å². The van der Waals surface area contributed by atoms with Crippen LogP contribution in [0.5, 0.6) is 5.75 Å². The van der Waals surface area contributed by atoms with Gasteiger partial charge in [-0.15, -0.1) is 0 Å². The molecule has 25 heavy (non-hydrogen) atoms. The van der Waals surface area contributed by atoms with E-state index in [0.29, 0.717) is 16.9 Å². The van der Waals surface area contributed by atoms with Gasteiger partial charge in [0.25, 0.3) is 11.8 Å². The van der Waals surface area contributed by atoms with Crippen LogP contribution in [0, 0.1) is 0 Å². The molecule has 2 aromatic carbocycles. The number of benzene rings is 2. The van der Waals surface area contributed by atoms with Crippen molar-refractivity contribution in [3.63, 3.8) is 0 Å². The zero-order valence-corrected chi connectivity index (χ0v) is 15.2. The molecular weight excluding hydrogens is 314 g/mol. The second-order valence-electron chi connectivity index (χ2n) is 6.58. The van der Waals surface area contributed by atoms with Crippen molar-refractivity contribution in [2.75, 3.05) is 7.11 Å². The first-order chi connectivity index (χ1) is 12.1. The summed E-state index contributed by atoms with van der Waals surface area (Å²) < 4.78 is 5.44. The first-order valence-electron chi connectivity index (χ1n) is 9.11. The van der Waals surface area contributed by atoms with Crippen LogP contribution < -0.4 is 4.74 Å². The van der Waals surface area contributed by atoms with E-state index in [9.17, 15) is 9.59 Å². The van der Waals surface area contributed by atoms with Crippen LogP contribution in [0.15, 0.2) is 30.3 Å². The van der Waals surface area contributed by atoms with E-state index in [1.165, 1.54) is 4.90 Å². The molecule has 0 spiro atoms. The van der Waals surface area contributed by atoms with Gasteiger partial charge in [-0.25, -0.2) is 0 Å². The molecule has 0 saturated carbocycles. The Morgan fingerprint density at radius 2 is 1.84 bits per heavy atom. The molecule has 0 N–H and O–H groups in total. The molecule has 0 aliphatic carbocycles. The number of hydrogen-bond acceptors (Lipinski definition) is 3. The van der Waals surface area contributed by atoms with Crippen molar-refractivity contribution in [2.45, 2.75) is 52.0 Å². The highest BCUT2D eigenvalue weighted by Gasteiger charge is 2.38. The number of hydrogen-bond donors (Lipinski definition) is 0. The Hall–Kier alpha value is -2.36. The van der Waals surface area contributed by atoms with E-state index in [0.717, 1.165) is 42.9 Å². The maximum absolute atomic E-state index is 13.3. The number of imide groups is 1. The summed E-state index contributed by atoms with van der Waals surface area (Å²) in [5, 5.41) is 1.62. The van der Waals surface area contributed by atoms with E-state index in [2.05, 4.69) is 6.92 Å². The van der Waals surface area contributed by atoms with Crippen LogP contribution in [-0.2, 0) is 0 Å². The number of carbonyl (C=O) groups is 2. The molecule has 2 amide bonds. The van der Waals surface area contributed by atoms with Crippen molar-refractivity contribution in [1.29, 1.82) is 0 Å². The van der Waals surface area contributed by atoms with Crippen molar-refractivity contribution in [1.82, 2.24) is 4.90 Å². The molecule has 1 heterocycles. The molecule has 1 aliphatic heterocycles. The largest absolute Gasteiger partial charge is 0.496 e. The highest BCUT2D eigenvalue weighted by molar-refractivity contribution is 6.26. The molecule has 1 aliphatic rings. The highest BCUT2D eigenvalue weighted by atomic mass is 16.5. The van der Waals surface area contributed by atoms with Gasteiger partial charge in [-0.05, 0) is 30.4 Å². The Bertz CT molecular complexity index is 812. The van der Waals surface area contributed by atoms with Crippen molar-refractivity contribution in [3.05, 3.63) is 41.5 Å². The second kappa shape index (κ2) is 7.26. The summed E-state index contributed by atoms with van der Waals surface area (Å²) in [7, 11) is 1.56. The Morgan fingerprint density at radius 3 is 2.52 bits per heavy atom. The molecule has 4 nitrogen and oxygen atoms in total. The van der Waals surface area contributed by atoms with E-state index in [1.807, 2.05) is 37.3 Å². The monoisotopic (exact) mass is 339 g/mol. The second-order valence-corrected chi connectivity index (χ2v) is 6.58. The summed E-state index contributed by atoms with van der Waals surface area (Å²) in [6, 6.07) is 9.25. The zero-order valence-electron chi connectivity index (χ0n) is 15.2. The van der Waals surface area contributed by atoms with Crippen LogP contribution in [0.4, 0.5) is 0 Å². The SMILES string of the molecule is CCCCCC(CC)N1C(=O)c2cccc3ccc(OC)c(c23)C1=O. The molecule has 132 valence electrons. The van der Waals surface area contributed by atoms with E-state index < -0.39 is 0 Å². The molecule has 0 aromatic heterocycles. The van der Waals surface area contributed by atoms with Crippen LogP contribution >= 0.6 is 0 Å². The number of nitrogens with zero attached hydrogens (tertiary/aromatic N) is 1. The van der Waals surface area contributed by atoms with Crippen LogP contribution in [-0.4, -0.2) is 29.9 Å². The van der Waals surface area contributed by atoms with Gasteiger partial charge in [0.2, 0.25) is 0 Å². The quantitative estimate of drug-likeness (QED) is 0.537. The van der Waals surface area contributed by atoms with Gasteiger partial charge in [0.1, 0.15) is 5.75 Å². The standard InChI is InChI=1S/C21H25NO3/c1-4-6-7-10-15(5-2)22-20(23)16-11-8-9-14-12-13-17(25-3)19(18(14)16)21(22)24/h8-9,11-13,15H,4-7,10H2,1-3H3. The first-order valence-corrected chi connectivity index (χ1v) is 9.11. The van der Waals surface area contributed by atoms with Crippen molar-refractivity contribution < 1.29 is 14.3 Å². The van der Waals surface area contributed by atoms with Crippen LogP contribution in [0.2, 0.25) is 0 Å². The highest BCUT2D eigenvalue weighted by Crippen LogP contribution is 2.37. The summed E-state index contributed by atoms with van der Waals surface area (Å²) in [6.07, 6.45) is 4.87. The lowest BCUT2D eigenvalue weighted by molar-refractivity contribution is 0.0522. The van der Waals surface area contributed by atoms with Gasteiger partial charge < -0.3 is 4.74 Å². The summed E-state index contributed by atoms with van der Waals surface area (Å²) in [4.78, 5) is 27.8. The minimum absolute atomic E-state index is 0.0696. The first kappa shape index (κ1) is 17.5. The number of carbonyl (C=O) groups excluding carboxylic acids is 2. The van der Waals surface area contributed by atoms with E-state index in [-0.39, 0.29) is 17.9 Å². The van der Waals surface area contributed by atoms with E-state index in [4.69, 9.17) is 4.74 Å². The number of ether oxygens (including phenoxy) is 1. The number of rotatable bonds is 7. The molecule has 0 radical (unpaired) electrons. The molecule has 0 fully saturated rings. The lowest BCUT2D eigenvalue weighted by Gasteiger charge is -2.34. The van der Waals surface area contributed by atoms with Crippen molar-refractivity contribution in [2.24, 2.45) is 0 Å². The van der Waals surface area contributed by atoms with E-state index >= 15 is 0 Å². The third kappa shape index (κ3) is 2.90. The molecular formula is C21H25NO3. The predicted molar refractivity (Wildman–Crippen MR) is 99.2 cm³/mol. The zero-order chi connectivity index (χ0) is 18.0. The predicted octanol–water partition coefficient (Wildman–Crippen LogP) is 4.80. The number of unbranched alkanes of at least 4 members (excludes halogenated alkanes) is 2.